The molecule has 0 aliphatic rings. The fourth-order valence-corrected chi connectivity index (χ4v) is 0.955. The molecule has 2 nitrogen and oxygen atoms in total. The summed E-state index contributed by atoms with van der Waals surface area (Å²) in [5.41, 5.74) is 0.0138. The van der Waals surface area contributed by atoms with Gasteiger partial charge in [0.1, 0.15) is 0 Å². The van der Waals surface area contributed by atoms with Crippen molar-refractivity contribution in [1.82, 2.24) is 4.57 Å². The van der Waals surface area contributed by atoms with E-state index in [1.165, 1.54) is 0 Å². The SMILES string of the molecule is Cn1ccc(=NC(C)(C)C)cc1. The van der Waals surface area contributed by atoms with Crippen molar-refractivity contribution in [1.29, 1.82) is 0 Å². The molecule has 1 aromatic rings. The number of pyridine rings is 1. The van der Waals surface area contributed by atoms with Crippen molar-refractivity contribution in [3.05, 3.63) is 29.9 Å². The zero-order chi connectivity index (χ0) is 9.19. The average Bonchev–Trinajstić information content (AvgIpc) is 1.91. The Hall–Kier alpha value is -1.05. The molecule has 1 rings (SSSR count). The summed E-state index contributed by atoms with van der Waals surface area (Å²) in [6, 6.07) is 4.04. The van der Waals surface area contributed by atoms with Crippen LogP contribution in [0.4, 0.5) is 0 Å². The van der Waals surface area contributed by atoms with Gasteiger partial charge in [-0.25, -0.2) is 0 Å². The van der Waals surface area contributed by atoms with Gasteiger partial charge < -0.3 is 4.57 Å². The van der Waals surface area contributed by atoms with Gasteiger partial charge in [-0.05, 0) is 32.9 Å². The van der Waals surface area contributed by atoms with Crippen LogP contribution in [0.15, 0.2) is 29.5 Å². The van der Waals surface area contributed by atoms with E-state index >= 15 is 0 Å². The van der Waals surface area contributed by atoms with E-state index in [2.05, 4.69) is 25.8 Å². The van der Waals surface area contributed by atoms with Gasteiger partial charge >= 0.3 is 0 Å². The van der Waals surface area contributed by atoms with E-state index in [1.54, 1.807) is 0 Å². The summed E-state index contributed by atoms with van der Waals surface area (Å²) in [6.45, 7) is 6.29. The standard InChI is InChI=1S/C10H16N2/c1-10(2,3)11-9-5-7-12(4)8-6-9/h5-8H,1-4H3. The van der Waals surface area contributed by atoms with E-state index in [4.69, 9.17) is 0 Å². The minimum atomic E-state index is 0.0138. The maximum atomic E-state index is 4.52. The van der Waals surface area contributed by atoms with Crippen molar-refractivity contribution >= 4 is 0 Å². The molecule has 0 bridgehead atoms. The molecule has 1 heterocycles. The summed E-state index contributed by atoms with van der Waals surface area (Å²) in [7, 11) is 2.00. The smallest absolute Gasteiger partial charge is 0.0609 e. The summed E-state index contributed by atoms with van der Waals surface area (Å²) in [4.78, 5) is 4.52. The lowest BCUT2D eigenvalue weighted by Gasteiger charge is -2.10. The Morgan fingerprint density at radius 2 is 1.67 bits per heavy atom. The van der Waals surface area contributed by atoms with E-state index < -0.39 is 0 Å². The Balaban J connectivity index is 3.05. The lowest BCUT2D eigenvalue weighted by molar-refractivity contribution is 0.566. The van der Waals surface area contributed by atoms with Crippen LogP contribution < -0.4 is 5.36 Å². The van der Waals surface area contributed by atoms with Crippen LogP contribution in [0.25, 0.3) is 0 Å². The van der Waals surface area contributed by atoms with Crippen molar-refractivity contribution in [3.63, 3.8) is 0 Å². The van der Waals surface area contributed by atoms with E-state index in [0.29, 0.717) is 0 Å². The minimum absolute atomic E-state index is 0.0138. The molecule has 2 heteroatoms. The minimum Gasteiger partial charge on any atom is -0.357 e. The van der Waals surface area contributed by atoms with Crippen molar-refractivity contribution < 1.29 is 0 Å². The maximum absolute atomic E-state index is 4.52. The fraction of sp³-hybridized carbons (Fsp3) is 0.500. The highest BCUT2D eigenvalue weighted by Gasteiger charge is 2.04. The van der Waals surface area contributed by atoms with E-state index in [1.807, 2.05) is 36.1 Å². The predicted octanol–water partition coefficient (Wildman–Crippen LogP) is 1.72. The molecule has 0 unspecified atom stereocenters. The summed E-state index contributed by atoms with van der Waals surface area (Å²) in [6.07, 6.45) is 4.01. The quantitative estimate of drug-likeness (QED) is 0.555. The van der Waals surface area contributed by atoms with Gasteiger partial charge in [0.2, 0.25) is 0 Å². The Bertz CT molecular complexity index is 295. The summed E-state index contributed by atoms with van der Waals surface area (Å²) < 4.78 is 2.00. The van der Waals surface area contributed by atoms with Gasteiger partial charge in [-0.3, -0.25) is 4.99 Å². The highest BCUT2D eigenvalue weighted by molar-refractivity contribution is 4.94. The Kier molecular flexibility index (Phi) is 2.36. The second kappa shape index (κ2) is 3.13. The molecule has 0 atom stereocenters. The molecule has 0 aromatic carbocycles. The van der Waals surface area contributed by atoms with Crippen LogP contribution in [0.1, 0.15) is 20.8 Å². The van der Waals surface area contributed by atoms with E-state index in [-0.39, 0.29) is 5.54 Å². The number of hydrogen-bond acceptors (Lipinski definition) is 1. The molecule has 0 saturated carbocycles. The van der Waals surface area contributed by atoms with E-state index in [9.17, 15) is 0 Å². The average molecular weight is 164 g/mol. The number of rotatable bonds is 0. The van der Waals surface area contributed by atoms with Crippen LogP contribution in [0.2, 0.25) is 0 Å². The van der Waals surface area contributed by atoms with Gasteiger partial charge in [-0.1, -0.05) is 0 Å². The molecule has 12 heavy (non-hydrogen) atoms. The number of aromatic nitrogens is 1. The Labute approximate surface area is 73.6 Å². The van der Waals surface area contributed by atoms with Gasteiger partial charge in [0, 0.05) is 19.4 Å². The lowest BCUT2D eigenvalue weighted by atomic mass is 10.1. The van der Waals surface area contributed by atoms with Gasteiger partial charge in [0.15, 0.2) is 0 Å². The first-order valence-corrected chi connectivity index (χ1v) is 4.15. The molecule has 0 aliphatic heterocycles. The highest BCUT2D eigenvalue weighted by atomic mass is 14.9. The van der Waals surface area contributed by atoms with Gasteiger partial charge in [0.25, 0.3) is 0 Å². The molecule has 0 amide bonds. The highest BCUT2D eigenvalue weighted by Crippen LogP contribution is 2.03. The molecular weight excluding hydrogens is 148 g/mol. The molecule has 0 fully saturated rings. The molecule has 0 radical (unpaired) electrons. The number of aryl methyl sites for hydroxylation is 1. The van der Waals surface area contributed by atoms with E-state index in [0.717, 1.165) is 5.36 Å². The number of hydrogen-bond donors (Lipinski definition) is 0. The molecule has 0 saturated heterocycles. The van der Waals surface area contributed by atoms with Crippen LogP contribution in [-0.4, -0.2) is 10.1 Å². The fourth-order valence-electron chi connectivity index (χ4n) is 0.955. The molecular formula is C10H16N2. The zero-order valence-corrected chi connectivity index (χ0v) is 8.20. The van der Waals surface area contributed by atoms with Crippen molar-refractivity contribution in [2.75, 3.05) is 0 Å². The summed E-state index contributed by atoms with van der Waals surface area (Å²) in [5, 5.41) is 1.04. The second-order valence-corrected chi connectivity index (χ2v) is 4.00. The van der Waals surface area contributed by atoms with Crippen LogP contribution in [0, 0.1) is 0 Å². The van der Waals surface area contributed by atoms with Crippen molar-refractivity contribution in [2.24, 2.45) is 12.0 Å². The maximum Gasteiger partial charge on any atom is 0.0609 e. The third-order valence-electron chi connectivity index (χ3n) is 1.43. The molecule has 0 spiro atoms. The van der Waals surface area contributed by atoms with Gasteiger partial charge in [-0.15, -0.1) is 0 Å². The lowest BCUT2D eigenvalue weighted by Crippen LogP contribution is -2.16. The largest absolute Gasteiger partial charge is 0.357 e. The Morgan fingerprint density at radius 3 is 2.08 bits per heavy atom. The van der Waals surface area contributed by atoms with Crippen LogP contribution in [0.3, 0.4) is 0 Å². The Morgan fingerprint density at radius 1 is 1.17 bits per heavy atom. The molecule has 0 N–H and O–H groups in total. The van der Waals surface area contributed by atoms with Crippen molar-refractivity contribution in [3.8, 4) is 0 Å². The van der Waals surface area contributed by atoms with Crippen LogP contribution in [-0.2, 0) is 7.05 Å². The third kappa shape index (κ3) is 2.91. The summed E-state index contributed by atoms with van der Waals surface area (Å²) in [5.74, 6) is 0. The number of nitrogens with zero attached hydrogens (tertiary/aromatic N) is 2. The van der Waals surface area contributed by atoms with Crippen LogP contribution in [0.5, 0.6) is 0 Å². The van der Waals surface area contributed by atoms with Gasteiger partial charge in [0.05, 0.1) is 10.9 Å². The first kappa shape index (κ1) is 9.04. The predicted molar refractivity (Wildman–Crippen MR) is 50.7 cm³/mol. The first-order valence-electron chi connectivity index (χ1n) is 4.15. The van der Waals surface area contributed by atoms with Crippen LogP contribution >= 0.6 is 0 Å². The van der Waals surface area contributed by atoms with Gasteiger partial charge in [-0.2, -0.15) is 0 Å². The summed E-state index contributed by atoms with van der Waals surface area (Å²) >= 11 is 0. The molecule has 66 valence electrons. The monoisotopic (exact) mass is 164 g/mol. The van der Waals surface area contributed by atoms with Crippen molar-refractivity contribution in [2.45, 2.75) is 26.3 Å². The normalized spacial score (nSPS) is 11.3. The second-order valence-electron chi connectivity index (χ2n) is 4.00. The molecule has 0 aliphatic carbocycles. The topological polar surface area (TPSA) is 17.3 Å². The first-order chi connectivity index (χ1) is 5.47. The molecule has 1 aromatic heterocycles. The zero-order valence-electron chi connectivity index (χ0n) is 8.20. The third-order valence-corrected chi connectivity index (χ3v) is 1.43.